The Morgan fingerprint density at radius 2 is 1.71 bits per heavy atom. The summed E-state index contributed by atoms with van der Waals surface area (Å²) in [5.41, 5.74) is -0.328. The first-order valence-corrected chi connectivity index (χ1v) is 6.23. The van der Waals surface area contributed by atoms with Crippen LogP contribution in [-0.4, -0.2) is 5.11 Å². The van der Waals surface area contributed by atoms with E-state index in [0.717, 1.165) is 31.7 Å². The Balaban J connectivity index is 2.02. The predicted molar refractivity (Wildman–Crippen MR) is 60.4 cm³/mol. The van der Waals surface area contributed by atoms with Gasteiger partial charge in [-0.15, -0.1) is 0 Å². The monoisotopic (exact) mass is 238 g/mol. The van der Waals surface area contributed by atoms with Crippen LogP contribution >= 0.6 is 0 Å². The minimum absolute atomic E-state index is 0.176. The van der Waals surface area contributed by atoms with Crippen molar-refractivity contribution >= 4 is 0 Å². The van der Waals surface area contributed by atoms with Gasteiger partial charge >= 0.3 is 0 Å². The average molecular weight is 238 g/mol. The van der Waals surface area contributed by atoms with Gasteiger partial charge in [0, 0.05) is 11.6 Å². The van der Waals surface area contributed by atoms with Gasteiger partial charge in [-0.25, -0.2) is 8.78 Å². The molecule has 2 saturated carbocycles. The van der Waals surface area contributed by atoms with Crippen LogP contribution in [0, 0.1) is 30.4 Å². The molecule has 0 heterocycles. The SMILES string of the molecule is Cc1cc(C2(O)C3CCCCC32)c(F)cc1F. The molecule has 2 aliphatic rings. The van der Waals surface area contributed by atoms with Gasteiger partial charge in [-0.05, 0) is 43.2 Å². The maximum Gasteiger partial charge on any atom is 0.132 e. The molecule has 0 aromatic heterocycles. The third-order valence-corrected chi connectivity index (χ3v) is 4.47. The number of fused-ring (bicyclic) bond motifs is 1. The van der Waals surface area contributed by atoms with Crippen LogP contribution in [0.3, 0.4) is 0 Å². The first-order valence-electron chi connectivity index (χ1n) is 6.23. The van der Waals surface area contributed by atoms with E-state index in [1.807, 2.05) is 0 Å². The van der Waals surface area contributed by atoms with Gasteiger partial charge in [-0.3, -0.25) is 0 Å². The topological polar surface area (TPSA) is 20.2 Å². The third-order valence-electron chi connectivity index (χ3n) is 4.47. The van der Waals surface area contributed by atoms with Gasteiger partial charge in [-0.2, -0.15) is 0 Å². The Hall–Kier alpha value is -0.960. The highest BCUT2D eigenvalue weighted by Crippen LogP contribution is 2.64. The van der Waals surface area contributed by atoms with Crippen molar-refractivity contribution in [2.24, 2.45) is 11.8 Å². The second-order valence-electron chi connectivity index (χ2n) is 5.40. The van der Waals surface area contributed by atoms with Crippen molar-refractivity contribution in [1.29, 1.82) is 0 Å². The smallest absolute Gasteiger partial charge is 0.132 e. The molecule has 92 valence electrons. The van der Waals surface area contributed by atoms with E-state index in [9.17, 15) is 13.9 Å². The quantitative estimate of drug-likeness (QED) is 0.796. The highest BCUT2D eigenvalue weighted by Gasteiger charge is 2.65. The average Bonchev–Trinajstić information content (AvgIpc) is 2.92. The lowest BCUT2D eigenvalue weighted by Gasteiger charge is -2.13. The van der Waals surface area contributed by atoms with Gasteiger partial charge < -0.3 is 5.11 Å². The van der Waals surface area contributed by atoms with E-state index in [1.54, 1.807) is 6.92 Å². The van der Waals surface area contributed by atoms with E-state index in [1.165, 1.54) is 6.07 Å². The molecule has 2 atom stereocenters. The molecule has 2 fully saturated rings. The van der Waals surface area contributed by atoms with Crippen molar-refractivity contribution in [3.63, 3.8) is 0 Å². The summed E-state index contributed by atoms with van der Waals surface area (Å²) < 4.78 is 27.0. The Morgan fingerprint density at radius 3 is 2.29 bits per heavy atom. The highest BCUT2D eigenvalue weighted by molar-refractivity contribution is 5.37. The van der Waals surface area contributed by atoms with Crippen molar-refractivity contribution in [1.82, 2.24) is 0 Å². The number of aryl methyl sites for hydroxylation is 1. The van der Waals surface area contributed by atoms with E-state index >= 15 is 0 Å². The summed E-state index contributed by atoms with van der Waals surface area (Å²) in [5, 5.41) is 10.6. The number of halogens is 2. The van der Waals surface area contributed by atoms with Crippen molar-refractivity contribution in [2.45, 2.75) is 38.2 Å². The van der Waals surface area contributed by atoms with Gasteiger partial charge in [0.2, 0.25) is 0 Å². The zero-order valence-corrected chi connectivity index (χ0v) is 9.84. The number of hydrogen-bond donors (Lipinski definition) is 1. The second-order valence-corrected chi connectivity index (χ2v) is 5.40. The van der Waals surface area contributed by atoms with Crippen LogP contribution in [0.15, 0.2) is 12.1 Å². The summed E-state index contributed by atoms with van der Waals surface area (Å²) in [6.07, 6.45) is 4.12. The molecule has 0 aliphatic heterocycles. The van der Waals surface area contributed by atoms with Crippen LogP contribution in [0.4, 0.5) is 8.78 Å². The van der Waals surface area contributed by atoms with Gasteiger partial charge in [-0.1, -0.05) is 12.8 Å². The zero-order chi connectivity index (χ0) is 12.2. The van der Waals surface area contributed by atoms with Gasteiger partial charge in [0.15, 0.2) is 0 Å². The molecule has 3 heteroatoms. The van der Waals surface area contributed by atoms with Crippen LogP contribution in [0.1, 0.15) is 36.8 Å². The standard InChI is InChI=1S/C14H16F2O/c1-8-6-11(13(16)7-12(8)15)14(17)9-4-2-3-5-10(9)14/h6-7,9-10,17H,2-5H2,1H3. The molecule has 2 aliphatic carbocycles. The summed E-state index contributed by atoms with van der Waals surface area (Å²) in [6.45, 7) is 1.60. The van der Waals surface area contributed by atoms with Crippen molar-refractivity contribution in [3.05, 3.63) is 34.9 Å². The molecule has 0 bridgehead atoms. The summed E-state index contributed by atoms with van der Waals surface area (Å²) in [4.78, 5) is 0. The predicted octanol–water partition coefficient (Wildman–Crippen LogP) is 3.28. The normalized spacial score (nSPS) is 35.5. The van der Waals surface area contributed by atoms with Crippen LogP contribution in [0.2, 0.25) is 0 Å². The third kappa shape index (κ3) is 1.45. The molecule has 0 amide bonds. The number of hydrogen-bond acceptors (Lipinski definition) is 1. The van der Waals surface area contributed by atoms with Crippen LogP contribution < -0.4 is 0 Å². The molecule has 0 radical (unpaired) electrons. The first-order chi connectivity index (χ1) is 8.05. The fourth-order valence-corrected chi connectivity index (χ4v) is 3.46. The minimum atomic E-state index is -1.03. The van der Waals surface area contributed by atoms with Gasteiger partial charge in [0.05, 0.1) is 5.60 Å². The highest BCUT2D eigenvalue weighted by atomic mass is 19.1. The van der Waals surface area contributed by atoms with Crippen molar-refractivity contribution < 1.29 is 13.9 Å². The second kappa shape index (κ2) is 3.52. The fraction of sp³-hybridized carbons (Fsp3) is 0.571. The van der Waals surface area contributed by atoms with Crippen molar-refractivity contribution in [2.75, 3.05) is 0 Å². The van der Waals surface area contributed by atoms with E-state index in [-0.39, 0.29) is 11.8 Å². The fourth-order valence-electron chi connectivity index (χ4n) is 3.46. The maximum atomic E-state index is 13.8. The summed E-state index contributed by atoms with van der Waals surface area (Å²) in [7, 11) is 0. The Kier molecular flexibility index (Phi) is 2.31. The van der Waals surface area contributed by atoms with Crippen LogP contribution in [0.25, 0.3) is 0 Å². The summed E-state index contributed by atoms with van der Waals surface area (Å²) in [5.74, 6) is -0.797. The van der Waals surface area contributed by atoms with E-state index < -0.39 is 17.2 Å². The Morgan fingerprint density at radius 1 is 1.12 bits per heavy atom. The molecule has 1 nitrogen and oxygen atoms in total. The summed E-state index contributed by atoms with van der Waals surface area (Å²) >= 11 is 0. The largest absolute Gasteiger partial charge is 0.384 e. The molecule has 2 unspecified atom stereocenters. The molecule has 17 heavy (non-hydrogen) atoms. The van der Waals surface area contributed by atoms with Gasteiger partial charge in [0.1, 0.15) is 11.6 Å². The molecular weight excluding hydrogens is 222 g/mol. The number of rotatable bonds is 1. The molecule has 0 spiro atoms. The number of benzene rings is 1. The first kappa shape index (κ1) is 11.1. The number of aliphatic hydroxyl groups is 1. The van der Waals surface area contributed by atoms with Crippen LogP contribution in [-0.2, 0) is 5.60 Å². The lowest BCUT2D eigenvalue weighted by atomic mass is 10.0. The summed E-state index contributed by atoms with van der Waals surface area (Å²) in [6, 6.07) is 2.37. The van der Waals surface area contributed by atoms with Gasteiger partial charge in [0.25, 0.3) is 0 Å². The Bertz CT molecular complexity index is 458. The van der Waals surface area contributed by atoms with E-state index in [0.29, 0.717) is 11.1 Å². The zero-order valence-electron chi connectivity index (χ0n) is 9.84. The molecule has 3 rings (SSSR count). The minimum Gasteiger partial charge on any atom is -0.384 e. The molecule has 1 aromatic rings. The molecule has 1 aromatic carbocycles. The maximum absolute atomic E-state index is 13.8. The molecular formula is C14H16F2O. The van der Waals surface area contributed by atoms with Crippen molar-refractivity contribution in [3.8, 4) is 0 Å². The van der Waals surface area contributed by atoms with Crippen LogP contribution in [0.5, 0.6) is 0 Å². The van der Waals surface area contributed by atoms with E-state index in [4.69, 9.17) is 0 Å². The lowest BCUT2D eigenvalue weighted by Crippen LogP contribution is -2.13. The molecule has 1 N–H and O–H groups in total. The lowest BCUT2D eigenvalue weighted by molar-refractivity contribution is 0.113. The van der Waals surface area contributed by atoms with E-state index in [2.05, 4.69) is 0 Å². The Labute approximate surface area is 99.5 Å². The molecule has 0 saturated heterocycles.